The van der Waals surface area contributed by atoms with Gasteiger partial charge in [-0.3, -0.25) is 4.79 Å². The number of aromatic nitrogens is 3. The fraction of sp³-hybridized carbons (Fsp3) is 0.172. The summed E-state index contributed by atoms with van der Waals surface area (Å²) in [5.41, 5.74) is 14.1. The van der Waals surface area contributed by atoms with Crippen molar-refractivity contribution in [2.45, 2.75) is 18.4 Å². The Bertz CT molecular complexity index is 1680. The second kappa shape index (κ2) is 7.94. The lowest BCUT2D eigenvalue weighted by Crippen LogP contribution is -2.41. The van der Waals surface area contributed by atoms with Gasteiger partial charge in [-0.1, -0.05) is 54.1 Å². The molecule has 0 fully saturated rings. The van der Waals surface area contributed by atoms with Crippen LogP contribution >= 0.6 is 11.6 Å². The van der Waals surface area contributed by atoms with E-state index >= 15 is 0 Å². The van der Waals surface area contributed by atoms with Crippen LogP contribution in [-0.4, -0.2) is 14.1 Å². The Balaban J connectivity index is 1.77. The molecule has 174 valence electrons. The molecule has 2 N–H and O–H groups in total. The Hall–Kier alpha value is -3.67. The fourth-order valence-corrected chi connectivity index (χ4v) is 5.54. The number of halogens is 1. The van der Waals surface area contributed by atoms with E-state index < -0.39 is 5.54 Å². The summed E-state index contributed by atoms with van der Waals surface area (Å²) >= 11 is 6.65. The van der Waals surface area contributed by atoms with Gasteiger partial charge in [0.15, 0.2) is 0 Å². The van der Waals surface area contributed by atoms with Gasteiger partial charge in [0.2, 0.25) is 0 Å². The molecule has 0 amide bonds. The van der Waals surface area contributed by atoms with E-state index in [9.17, 15) is 4.79 Å². The highest BCUT2D eigenvalue weighted by Crippen LogP contribution is 2.39. The number of aryl methyl sites for hydroxylation is 4. The van der Waals surface area contributed by atoms with E-state index in [1.165, 1.54) is 5.56 Å². The van der Waals surface area contributed by atoms with Crippen molar-refractivity contribution in [3.05, 3.63) is 123 Å². The quantitative estimate of drug-likeness (QED) is 0.369. The second-order valence-electron chi connectivity index (χ2n) is 9.39. The number of fused-ring (bicyclic) bond motifs is 6. The van der Waals surface area contributed by atoms with Crippen LogP contribution in [0.25, 0.3) is 22.0 Å². The Morgan fingerprint density at radius 2 is 1.77 bits per heavy atom. The summed E-state index contributed by atoms with van der Waals surface area (Å²) < 4.78 is 3.65. The summed E-state index contributed by atoms with van der Waals surface area (Å²) in [5, 5.41) is 1.71. The fourth-order valence-electron chi connectivity index (χ4n) is 5.33. The zero-order chi connectivity index (χ0) is 24.3. The first kappa shape index (κ1) is 21.8. The van der Waals surface area contributed by atoms with E-state index in [0.717, 1.165) is 62.3 Å². The van der Waals surface area contributed by atoms with Gasteiger partial charge in [-0.15, -0.1) is 0 Å². The highest BCUT2D eigenvalue weighted by molar-refractivity contribution is 6.31. The number of imidazole rings is 1. The number of pyridine rings is 1. The molecule has 6 rings (SSSR count). The molecule has 0 unspecified atom stereocenters. The molecule has 6 bridgehead atoms. The third-order valence-corrected chi connectivity index (χ3v) is 7.71. The van der Waals surface area contributed by atoms with Crippen LogP contribution in [-0.2, 0) is 32.5 Å². The predicted molar refractivity (Wildman–Crippen MR) is 141 cm³/mol. The third-order valence-electron chi connectivity index (χ3n) is 7.34. The highest BCUT2D eigenvalue weighted by Gasteiger charge is 2.35. The molecular formula is C29H25ClN4O. The minimum absolute atomic E-state index is 0.0425. The van der Waals surface area contributed by atoms with Gasteiger partial charge in [0.1, 0.15) is 5.54 Å². The number of benzene rings is 3. The first-order valence-corrected chi connectivity index (χ1v) is 12.0. The van der Waals surface area contributed by atoms with E-state index in [-0.39, 0.29) is 5.56 Å². The molecule has 2 aromatic heterocycles. The van der Waals surface area contributed by atoms with Gasteiger partial charge in [-0.05, 0) is 64.4 Å². The molecule has 0 radical (unpaired) electrons. The number of nitrogens with two attached hydrogens (primary N) is 1. The maximum absolute atomic E-state index is 12.9. The van der Waals surface area contributed by atoms with Gasteiger partial charge in [0, 0.05) is 30.6 Å². The van der Waals surface area contributed by atoms with Gasteiger partial charge in [-0.25, -0.2) is 4.98 Å². The van der Waals surface area contributed by atoms with Gasteiger partial charge < -0.3 is 14.9 Å². The normalized spacial score (nSPS) is 17.1. The van der Waals surface area contributed by atoms with Crippen molar-refractivity contribution in [1.29, 1.82) is 0 Å². The highest BCUT2D eigenvalue weighted by atomic mass is 35.5. The zero-order valence-electron chi connectivity index (χ0n) is 19.6. The number of hydrogen-bond acceptors (Lipinski definition) is 3. The summed E-state index contributed by atoms with van der Waals surface area (Å²) in [4.78, 5) is 17.3. The van der Waals surface area contributed by atoms with Crippen LogP contribution in [0.1, 0.15) is 27.9 Å². The lowest BCUT2D eigenvalue weighted by Gasteiger charge is -2.32. The van der Waals surface area contributed by atoms with Crippen LogP contribution in [0.15, 0.2) is 84.0 Å². The average Bonchev–Trinajstić information content (AvgIpc) is 3.31. The lowest BCUT2D eigenvalue weighted by atomic mass is 9.79. The van der Waals surface area contributed by atoms with Gasteiger partial charge in [0.25, 0.3) is 5.56 Å². The van der Waals surface area contributed by atoms with Crippen molar-refractivity contribution in [3.63, 3.8) is 0 Å². The Labute approximate surface area is 208 Å². The maximum Gasteiger partial charge on any atom is 0.251 e. The zero-order valence-corrected chi connectivity index (χ0v) is 20.4. The first-order valence-electron chi connectivity index (χ1n) is 11.6. The van der Waals surface area contributed by atoms with Crippen LogP contribution in [0, 0.1) is 0 Å². The number of nitrogens with zero attached hydrogens (tertiary/aromatic N) is 3. The molecule has 0 saturated carbocycles. The van der Waals surface area contributed by atoms with Crippen molar-refractivity contribution in [2.75, 3.05) is 0 Å². The van der Waals surface area contributed by atoms with Crippen molar-refractivity contribution < 1.29 is 0 Å². The molecule has 1 aliphatic rings. The minimum atomic E-state index is -0.975. The van der Waals surface area contributed by atoms with Crippen LogP contribution in [0.3, 0.4) is 0 Å². The lowest BCUT2D eigenvalue weighted by molar-refractivity contribution is 0.595. The number of hydrogen-bond donors (Lipinski definition) is 1. The Morgan fingerprint density at radius 3 is 2.57 bits per heavy atom. The minimum Gasteiger partial charge on any atom is -0.336 e. The largest absolute Gasteiger partial charge is 0.336 e. The van der Waals surface area contributed by atoms with Gasteiger partial charge >= 0.3 is 0 Å². The van der Waals surface area contributed by atoms with Crippen LogP contribution < -0.4 is 11.3 Å². The Morgan fingerprint density at radius 1 is 0.971 bits per heavy atom. The molecule has 0 aliphatic heterocycles. The SMILES string of the molecule is Cn1cncc1[C@]1(N)c2ccc(Cl)c(c2)CCc2cccc(c2)-c2cc(=O)n(C)c3ccc1cc23. The van der Waals surface area contributed by atoms with Crippen molar-refractivity contribution in [2.24, 2.45) is 19.8 Å². The molecular weight excluding hydrogens is 456 g/mol. The molecule has 6 heteroatoms. The van der Waals surface area contributed by atoms with E-state index in [2.05, 4.69) is 41.4 Å². The first-order chi connectivity index (χ1) is 16.9. The van der Waals surface area contributed by atoms with Crippen LogP contribution in [0.4, 0.5) is 0 Å². The summed E-state index contributed by atoms with van der Waals surface area (Å²) in [6.07, 6.45) is 5.19. The molecule has 0 spiro atoms. The third kappa shape index (κ3) is 3.34. The standard InChI is InChI=1S/C29H25ClN4O/c1-33-17-32-16-27(33)29(31)21-8-10-25(30)20(13-21)7-6-18-4-3-5-19(12-18)23-15-28(35)34(2)26-11-9-22(29)14-24(23)26/h3-5,8-17H,6-7,31H2,1-2H3/t29-/m0/s1. The van der Waals surface area contributed by atoms with Gasteiger partial charge in [-0.2, -0.15) is 0 Å². The van der Waals surface area contributed by atoms with E-state index in [4.69, 9.17) is 17.3 Å². The maximum atomic E-state index is 12.9. The van der Waals surface area contributed by atoms with Crippen molar-refractivity contribution in [1.82, 2.24) is 14.1 Å². The molecule has 5 nitrogen and oxygen atoms in total. The van der Waals surface area contributed by atoms with Crippen LogP contribution in [0.5, 0.6) is 0 Å². The van der Waals surface area contributed by atoms with E-state index in [1.807, 2.05) is 42.1 Å². The van der Waals surface area contributed by atoms with Crippen LogP contribution in [0.2, 0.25) is 5.02 Å². The number of rotatable bonds is 1. The Kier molecular flexibility index (Phi) is 4.95. The second-order valence-corrected chi connectivity index (χ2v) is 9.80. The summed E-state index contributed by atoms with van der Waals surface area (Å²) in [6, 6.07) is 22.3. The molecule has 5 aromatic rings. The molecule has 2 heterocycles. The topological polar surface area (TPSA) is 65.8 Å². The predicted octanol–water partition coefficient (Wildman–Crippen LogP) is 4.94. The molecule has 3 aromatic carbocycles. The molecule has 1 aliphatic carbocycles. The summed E-state index contributed by atoms with van der Waals surface area (Å²) in [5.74, 6) is 0. The molecule has 35 heavy (non-hydrogen) atoms. The van der Waals surface area contributed by atoms with Gasteiger partial charge in [0.05, 0.1) is 23.7 Å². The average molecular weight is 481 g/mol. The van der Waals surface area contributed by atoms with E-state index in [1.54, 1.807) is 24.0 Å². The van der Waals surface area contributed by atoms with Crippen molar-refractivity contribution in [3.8, 4) is 11.1 Å². The van der Waals surface area contributed by atoms with Crippen molar-refractivity contribution >= 4 is 22.5 Å². The summed E-state index contributed by atoms with van der Waals surface area (Å²) in [6.45, 7) is 0. The molecule has 0 saturated heterocycles. The monoisotopic (exact) mass is 480 g/mol. The molecule has 1 atom stereocenters. The van der Waals surface area contributed by atoms with E-state index in [0.29, 0.717) is 0 Å². The summed E-state index contributed by atoms with van der Waals surface area (Å²) in [7, 11) is 3.76. The smallest absolute Gasteiger partial charge is 0.251 e.